The van der Waals surface area contributed by atoms with E-state index in [1.807, 2.05) is 61.5 Å². The summed E-state index contributed by atoms with van der Waals surface area (Å²) in [4.78, 5) is 27.6. The van der Waals surface area contributed by atoms with Gasteiger partial charge in [-0.15, -0.1) is 0 Å². The van der Waals surface area contributed by atoms with Crippen molar-refractivity contribution in [2.45, 2.75) is 40.2 Å². The Kier molecular flexibility index (Phi) is 9.07. The van der Waals surface area contributed by atoms with Crippen LogP contribution in [0.5, 0.6) is 0 Å². The molecule has 0 spiro atoms. The van der Waals surface area contributed by atoms with Crippen molar-refractivity contribution in [2.75, 3.05) is 11.4 Å². The van der Waals surface area contributed by atoms with Crippen LogP contribution in [0.3, 0.4) is 0 Å². The Morgan fingerprint density at radius 1 is 1.11 bits per heavy atom. The maximum absolute atomic E-state index is 12.3. The van der Waals surface area contributed by atoms with Gasteiger partial charge in [0.2, 0.25) is 0 Å². The van der Waals surface area contributed by atoms with E-state index < -0.39 is 0 Å². The molecule has 0 radical (unpaired) electrons. The second-order valence-corrected chi connectivity index (χ2v) is 10.7. The van der Waals surface area contributed by atoms with Crippen LogP contribution in [0.1, 0.15) is 32.8 Å². The summed E-state index contributed by atoms with van der Waals surface area (Å²) < 4.78 is 5.18. The van der Waals surface area contributed by atoms with Gasteiger partial charge in [0.1, 0.15) is 24.5 Å². The molecule has 10 nitrogen and oxygen atoms in total. The molecule has 12 heteroatoms. The number of hydrogen-bond donors (Lipinski definition) is 0. The van der Waals surface area contributed by atoms with Gasteiger partial charge in [0.05, 0.1) is 24.0 Å². The van der Waals surface area contributed by atoms with E-state index in [0.717, 1.165) is 41.2 Å². The third-order valence-corrected chi connectivity index (χ3v) is 8.32. The van der Waals surface area contributed by atoms with E-state index in [0.29, 0.717) is 17.9 Å². The van der Waals surface area contributed by atoms with Crippen LogP contribution in [0.2, 0.25) is 0 Å². The second-order valence-electron chi connectivity index (χ2n) is 8.57. The van der Waals surface area contributed by atoms with E-state index in [1.165, 1.54) is 0 Å². The summed E-state index contributed by atoms with van der Waals surface area (Å²) in [5.41, 5.74) is 4.04. The second kappa shape index (κ2) is 12.5. The first kappa shape index (κ1) is 27.7. The van der Waals surface area contributed by atoms with Gasteiger partial charge in [-0.1, -0.05) is 32.0 Å². The summed E-state index contributed by atoms with van der Waals surface area (Å²) in [5, 5.41) is 13.3. The lowest BCUT2D eigenvalue weighted by Gasteiger charge is -2.22. The van der Waals surface area contributed by atoms with Crippen LogP contribution >= 0.6 is 28.4 Å². The maximum Gasteiger partial charge on any atom is 0.282 e. The Morgan fingerprint density at radius 3 is 2.55 bits per heavy atom. The Morgan fingerprint density at radius 2 is 1.87 bits per heavy atom. The molecule has 0 N–H and O–H groups in total. The first-order chi connectivity index (χ1) is 18.5. The lowest BCUT2D eigenvalue weighted by molar-refractivity contribution is 0.686. The van der Waals surface area contributed by atoms with E-state index in [9.17, 15) is 4.79 Å². The predicted molar refractivity (Wildman–Crippen MR) is 160 cm³/mol. The van der Waals surface area contributed by atoms with Crippen LogP contribution in [-0.4, -0.2) is 46.1 Å². The molecule has 0 saturated carbocycles. The minimum Gasteiger partial charge on any atom is -0.351 e. The Labute approximate surface area is 235 Å². The zero-order chi connectivity index (χ0) is 27.2. The molecule has 1 fully saturated rings. The molecule has 5 heterocycles. The van der Waals surface area contributed by atoms with Crippen LogP contribution in [0.25, 0.3) is 22.4 Å². The average molecular weight is 641 g/mol. The van der Waals surface area contributed by atoms with Crippen molar-refractivity contribution in [3.8, 4) is 11.8 Å². The normalized spacial score (nSPS) is 16.8. The molecular weight excluding hydrogens is 612 g/mol. The van der Waals surface area contributed by atoms with E-state index in [1.54, 1.807) is 34.3 Å². The number of anilines is 1. The number of rotatable bonds is 3. The van der Waals surface area contributed by atoms with Crippen LogP contribution < -0.4 is 10.5 Å². The highest BCUT2D eigenvalue weighted by Gasteiger charge is 2.31. The van der Waals surface area contributed by atoms with Gasteiger partial charge < -0.3 is 4.90 Å². The summed E-state index contributed by atoms with van der Waals surface area (Å²) in [5.74, 6) is 0.928. The molecule has 4 aromatic heterocycles. The Bertz CT molecular complexity index is 1620. The van der Waals surface area contributed by atoms with Crippen molar-refractivity contribution in [2.24, 2.45) is 5.92 Å². The Hall–Kier alpha value is -3.36. The van der Waals surface area contributed by atoms with Gasteiger partial charge in [-0.05, 0) is 66.1 Å². The monoisotopic (exact) mass is 641 g/mol. The summed E-state index contributed by atoms with van der Waals surface area (Å²) >= 11 is 2.31. The lowest BCUT2D eigenvalue weighted by atomic mass is 10.1. The average Bonchev–Trinajstić information content (AvgIpc) is 3.67. The van der Waals surface area contributed by atoms with Gasteiger partial charge in [-0.2, -0.15) is 10.4 Å². The zero-order valence-electron chi connectivity index (χ0n) is 21.7. The molecule has 196 valence electrons. The number of para-hydroxylation sites is 1. The molecule has 0 aliphatic carbocycles. The predicted octanol–water partition coefficient (Wildman–Crippen LogP) is 5.18. The molecule has 1 aromatic carbocycles. The van der Waals surface area contributed by atoms with E-state index in [2.05, 4.69) is 60.0 Å². The number of imidazole rings is 1. The van der Waals surface area contributed by atoms with Gasteiger partial charge in [0, 0.05) is 18.8 Å². The number of hydrogen-bond acceptors (Lipinski definition) is 7. The largest absolute Gasteiger partial charge is 0.351 e. The SMILES string of the molecule is CC.C[C@@H]1CC(C#N)CN1c1ncnc2c1ncn2PI.Cc1ccn2ncn(-c3ccccc3)c(=O)c12. The fourth-order valence-electron chi connectivity index (χ4n) is 4.44. The third-order valence-electron chi connectivity index (χ3n) is 6.25. The van der Waals surface area contributed by atoms with Crippen molar-refractivity contribution < 1.29 is 0 Å². The molecule has 0 amide bonds. The smallest absolute Gasteiger partial charge is 0.282 e. The molecule has 6 rings (SSSR count). The van der Waals surface area contributed by atoms with Crippen molar-refractivity contribution in [3.05, 3.63) is 77.5 Å². The van der Waals surface area contributed by atoms with Crippen LogP contribution in [0, 0.1) is 24.2 Å². The van der Waals surface area contributed by atoms with Crippen molar-refractivity contribution in [3.63, 3.8) is 0 Å². The summed E-state index contributed by atoms with van der Waals surface area (Å²) in [7, 11) is 0. The molecule has 38 heavy (non-hydrogen) atoms. The fraction of sp³-hybridized carbons (Fsp3) is 0.308. The number of halogens is 1. The van der Waals surface area contributed by atoms with Crippen LogP contribution in [-0.2, 0) is 0 Å². The van der Waals surface area contributed by atoms with E-state index in [4.69, 9.17) is 5.26 Å². The lowest BCUT2D eigenvalue weighted by Crippen LogP contribution is -2.28. The molecule has 2 unspecified atom stereocenters. The van der Waals surface area contributed by atoms with E-state index in [-0.39, 0.29) is 11.5 Å². The van der Waals surface area contributed by atoms with Crippen molar-refractivity contribution in [1.82, 2.24) is 33.5 Å². The third kappa shape index (κ3) is 5.42. The molecule has 5 aromatic rings. The topological polar surface area (TPSA) is 110 Å². The van der Waals surface area contributed by atoms with E-state index >= 15 is 0 Å². The maximum atomic E-state index is 12.3. The Balaban J connectivity index is 0.000000167. The summed E-state index contributed by atoms with van der Waals surface area (Å²) in [6.07, 6.45) is 8.18. The number of nitrogens with zero attached hydrogens (tertiary/aromatic N) is 9. The molecular formula is C26H29IN9OP. The minimum absolute atomic E-state index is 0.0475. The molecule has 1 aliphatic rings. The number of fused-ring (bicyclic) bond motifs is 2. The highest BCUT2D eigenvalue weighted by atomic mass is 127. The first-order valence-electron chi connectivity index (χ1n) is 12.3. The van der Waals surface area contributed by atoms with Gasteiger partial charge in [0.25, 0.3) is 5.56 Å². The first-order valence-corrected chi connectivity index (χ1v) is 16.4. The summed E-state index contributed by atoms with van der Waals surface area (Å²) in [6.45, 7) is 8.76. The quantitative estimate of drug-likeness (QED) is 0.197. The highest BCUT2D eigenvalue weighted by Crippen LogP contribution is 2.34. The van der Waals surface area contributed by atoms with Crippen molar-refractivity contribution in [1.29, 1.82) is 5.26 Å². The van der Waals surface area contributed by atoms with Gasteiger partial charge in [0.15, 0.2) is 17.0 Å². The van der Waals surface area contributed by atoms with Crippen LogP contribution in [0.4, 0.5) is 5.82 Å². The number of benzene rings is 1. The minimum atomic E-state index is -0.0475. The number of aryl methyl sites for hydroxylation is 1. The molecule has 1 aliphatic heterocycles. The fourth-order valence-corrected chi connectivity index (χ4v) is 5.84. The molecule has 0 bridgehead atoms. The standard InChI is InChI=1S/C13H11N3O.C11H12IN6P.C2H6/c1-10-7-8-16-12(10)13(17)15(9-14-16)11-5-3-2-4-6-11;1-7-2-8(3-13)4-17(7)10-9-11(15-5-14-10)18(19-12)6-16-9;1-2/h2-9H,1H3;5-8,19H,2,4H2,1H3;1-2H3/t;7-,8?;/m.1./s1. The summed E-state index contributed by atoms with van der Waals surface area (Å²) in [6, 6.07) is 14.0. The van der Waals surface area contributed by atoms with Crippen LogP contribution in [0.15, 0.2) is 66.4 Å². The zero-order valence-corrected chi connectivity index (χ0v) is 24.8. The van der Waals surface area contributed by atoms with Crippen molar-refractivity contribution >= 4 is 50.9 Å². The van der Waals surface area contributed by atoms with Gasteiger partial charge >= 0.3 is 0 Å². The van der Waals surface area contributed by atoms with Gasteiger partial charge in [-0.25, -0.2) is 19.5 Å². The molecule has 1 saturated heterocycles. The highest BCUT2D eigenvalue weighted by molar-refractivity contribution is 14.2. The number of nitriles is 1. The van der Waals surface area contributed by atoms with Gasteiger partial charge in [-0.3, -0.25) is 13.7 Å². The molecule has 3 atom stereocenters. The number of aromatic nitrogens is 7.